The molecule has 6 nitrogen and oxygen atoms in total. The highest BCUT2D eigenvalue weighted by molar-refractivity contribution is 14.0. The second kappa shape index (κ2) is 11.8. The molecule has 0 aliphatic carbocycles. The summed E-state index contributed by atoms with van der Waals surface area (Å²) in [6, 6.07) is 9.51. The lowest BCUT2D eigenvalue weighted by Gasteiger charge is -2.29. The van der Waals surface area contributed by atoms with Gasteiger partial charge in [-0.2, -0.15) is 0 Å². The Kier molecular flexibility index (Phi) is 9.74. The molecule has 0 bridgehead atoms. The Hall–Kier alpha value is -1.29. The average Bonchev–Trinajstić information content (AvgIpc) is 2.71. The normalized spacial score (nSPS) is 15.4. The number of ether oxygens (including phenoxy) is 1. The van der Waals surface area contributed by atoms with Crippen molar-refractivity contribution in [3.63, 3.8) is 0 Å². The van der Waals surface area contributed by atoms with Gasteiger partial charge >= 0.3 is 0 Å². The molecule has 158 valence electrons. The van der Waals surface area contributed by atoms with E-state index in [2.05, 4.69) is 31.6 Å². The zero-order chi connectivity index (χ0) is 19.9. The topological polar surface area (TPSA) is 61.8 Å². The number of nitrogens with zero attached hydrogens (tertiary/aromatic N) is 3. The van der Waals surface area contributed by atoms with Crippen LogP contribution in [0, 0.1) is 0 Å². The van der Waals surface area contributed by atoms with Gasteiger partial charge in [0.2, 0.25) is 0 Å². The van der Waals surface area contributed by atoms with E-state index in [9.17, 15) is 0 Å². The predicted octanol–water partition coefficient (Wildman–Crippen LogP) is 4.27. The monoisotopic (exact) mass is 549 g/mol. The summed E-state index contributed by atoms with van der Waals surface area (Å²) >= 11 is 12.3. The number of aliphatic imine (C=N–C) groups is 1. The van der Waals surface area contributed by atoms with E-state index in [1.54, 1.807) is 13.1 Å². The lowest BCUT2D eigenvalue weighted by Crippen LogP contribution is -2.40. The Bertz CT molecular complexity index is 830. The van der Waals surface area contributed by atoms with Crippen LogP contribution in [0.4, 0.5) is 5.82 Å². The number of aromatic nitrogens is 1. The molecular weight excluding hydrogens is 524 g/mol. The summed E-state index contributed by atoms with van der Waals surface area (Å²) in [5.41, 5.74) is 2.08. The van der Waals surface area contributed by atoms with E-state index in [0.29, 0.717) is 22.5 Å². The Morgan fingerprint density at radius 1 is 1.28 bits per heavy atom. The summed E-state index contributed by atoms with van der Waals surface area (Å²) in [6.45, 7) is 5.80. The maximum atomic E-state index is 6.32. The predicted molar refractivity (Wildman–Crippen MR) is 131 cm³/mol. The van der Waals surface area contributed by atoms with Crippen LogP contribution in [0.25, 0.3) is 0 Å². The van der Waals surface area contributed by atoms with Crippen LogP contribution in [0.5, 0.6) is 0 Å². The first-order valence-electron chi connectivity index (χ1n) is 9.27. The highest BCUT2D eigenvalue weighted by Gasteiger charge is 2.16. The number of anilines is 1. The average molecular weight is 550 g/mol. The molecule has 1 atom stereocenters. The molecule has 1 unspecified atom stereocenters. The first kappa shape index (κ1) is 24.0. The van der Waals surface area contributed by atoms with Gasteiger partial charge in [-0.05, 0) is 30.7 Å². The van der Waals surface area contributed by atoms with Gasteiger partial charge in [0, 0.05) is 48.5 Å². The molecule has 0 amide bonds. The molecule has 1 aromatic heterocycles. The minimum absolute atomic E-state index is 0. The van der Waals surface area contributed by atoms with Gasteiger partial charge in [-0.1, -0.05) is 35.3 Å². The molecule has 0 saturated carbocycles. The van der Waals surface area contributed by atoms with Crippen molar-refractivity contribution in [3.8, 4) is 0 Å². The van der Waals surface area contributed by atoms with E-state index in [4.69, 9.17) is 27.9 Å². The van der Waals surface area contributed by atoms with E-state index in [-0.39, 0.29) is 30.0 Å². The van der Waals surface area contributed by atoms with E-state index in [1.807, 2.05) is 31.3 Å². The summed E-state index contributed by atoms with van der Waals surface area (Å²) < 4.78 is 5.45. The van der Waals surface area contributed by atoms with Crippen LogP contribution >= 0.6 is 47.2 Å². The SMILES string of the molecule is CN=C(NCc1cccnc1N1CCOCC1)NC(C)c1ccc(Cl)cc1Cl.I. The molecule has 9 heteroatoms. The molecule has 29 heavy (non-hydrogen) atoms. The largest absolute Gasteiger partial charge is 0.378 e. The number of hydrogen-bond acceptors (Lipinski definition) is 4. The molecule has 1 fully saturated rings. The minimum atomic E-state index is -0.0245. The number of rotatable bonds is 5. The molecule has 0 spiro atoms. The Labute approximate surface area is 199 Å². The van der Waals surface area contributed by atoms with Gasteiger partial charge in [-0.25, -0.2) is 4.98 Å². The maximum Gasteiger partial charge on any atom is 0.191 e. The van der Waals surface area contributed by atoms with Crippen molar-refractivity contribution >= 4 is 59.0 Å². The quantitative estimate of drug-likeness (QED) is 0.331. The van der Waals surface area contributed by atoms with Gasteiger partial charge in [0.1, 0.15) is 5.82 Å². The van der Waals surface area contributed by atoms with Crippen LogP contribution in [-0.4, -0.2) is 44.3 Å². The van der Waals surface area contributed by atoms with Crippen molar-refractivity contribution in [1.82, 2.24) is 15.6 Å². The molecule has 0 radical (unpaired) electrons. The van der Waals surface area contributed by atoms with Gasteiger partial charge in [0.05, 0.1) is 19.3 Å². The van der Waals surface area contributed by atoms with Crippen molar-refractivity contribution in [2.45, 2.75) is 19.5 Å². The molecule has 3 rings (SSSR count). The smallest absolute Gasteiger partial charge is 0.191 e. The molecule has 2 aromatic rings. The first-order chi connectivity index (χ1) is 13.6. The molecular formula is C20H26Cl2IN5O. The van der Waals surface area contributed by atoms with Crippen molar-refractivity contribution in [3.05, 3.63) is 57.7 Å². The lowest BCUT2D eigenvalue weighted by molar-refractivity contribution is 0.122. The summed E-state index contributed by atoms with van der Waals surface area (Å²) in [6.07, 6.45) is 1.83. The molecule has 2 heterocycles. The number of benzene rings is 1. The number of guanidine groups is 1. The second-order valence-corrected chi connectivity index (χ2v) is 7.39. The van der Waals surface area contributed by atoms with Gasteiger partial charge in [0.25, 0.3) is 0 Å². The van der Waals surface area contributed by atoms with Gasteiger partial charge in [-0.3, -0.25) is 4.99 Å². The molecule has 1 aliphatic heterocycles. The Balaban J connectivity index is 0.00000300. The van der Waals surface area contributed by atoms with E-state index >= 15 is 0 Å². The Morgan fingerprint density at radius 3 is 2.72 bits per heavy atom. The number of pyridine rings is 1. The van der Waals surface area contributed by atoms with Gasteiger partial charge in [-0.15, -0.1) is 24.0 Å². The summed E-state index contributed by atoms with van der Waals surface area (Å²) in [5.74, 6) is 1.68. The van der Waals surface area contributed by atoms with Crippen LogP contribution < -0.4 is 15.5 Å². The number of morpholine rings is 1. The fourth-order valence-electron chi connectivity index (χ4n) is 3.14. The molecule has 2 N–H and O–H groups in total. The summed E-state index contributed by atoms with van der Waals surface area (Å²) in [7, 11) is 1.75. The van der Waals surface area contributed by atoms with Crippen molar-refractivity contribution in [2.24, 2.45) is 4.99 Å². The van der Waals surface area contributed by atoms with Crippen LogP contribution in [0.3, 0.4) is 0 Å². The first-order valence-corrected chi connectivity index (χ1v) is 10.0. The van der Waals surface area contributed by atoms with Crippen LogP contribution in [0.15, 0.2) is 41.5 Å². The third-order valence-electron chi connectivity index (χ3n) is 4.63. The van der Waals surface area contributed by atoms with Crippen LogP contribution in [0.2, 0.25) is 10.0 Å². The fraction of sp³-hybridized carbons (Fsp3) is 0.400. The van der Waals surface area contributed by atoms with Crippen molar-refractivity contribution in [1.29, 1.82) is 0 Å². The van der Waals surface area contributed by atoms with Crippen LogP contribution in [0.1, 0.15) is 24.1 Å². The standard InChI is InChI=1S/C20H25Cl2N5O.HI/c1-14(17-6-5-16(21)12-18(17)22)26-20(23-2)25-13-15-4-3-7-24-19(15)27-8-10-28-11-9-27;/h3-7,12,14H,8-11,13H2,1-2H3,(H2,23,25,26);1H. The van der Waals surface area contributed by atoms with Crippen molar-refractivity contribution < 1.29 is 4.74 Å². The highest BCUT2D eigenvalue weighted by Crippen LogP contribution is 2.26. The van der Waals surface area contributed by atoms with Gasteiger partial charge < -0.3 is 20.3 Å². The number of hydrogen-bond donors (Lipinski definition) is 2. The number of nitrogens with one attached hydrogen (secondary N) is 2. The molecule has 1 aliphatic rings. The molecule has 1 aromatic carbocycles. The molecule has 1 saturated heterocycles. The minimum Gasteiger partial charge on any atom is -0.378 e. The van der Waals surface area contributed by atoms with Crippen LogP contribution in [-0.2, 0) is 11.3 Å². The van der Waals surface area contributed by atoms with Gasteiger partial charge in [0.15, 0.2) is 5.96 Å². The van der Waals surface area contributed by atoms with E-state index in [1.165, 1.54) is 0 Å². The second-order valence-electron chi connectivity index (χ2n) is 6.54. The summed E-state index contributed by atoms with van der Waals surface area (Å²) in [5, 5.41) is 7.99. The van der Waals surface area contributed by atoms with Crippen molar-refractivity contribution in [2.75, 3.05) is 38.3 Å². The fourth-order valence-corrected chi connectivity index (χ4v) is 3.71. The lowest BCUT2D eigenvalue weighted by atomic mass is 10.1. The van der Waals surface area contributed by atoms with E-state index in [0.717, 1.165) is 43.2 Å². The Morgan fingerprint density at radius 2 is 2.03 bits per heavy atom. The number of halogens is 3. The van der Waals surface area contributed by atoms with E-state index < -0.39 is 0 Å². The third-order valence-corrected chi connectivity index (χ3v) is 5.19. The summed E-state index contributed by atoms with van der Waals surface area (Å²) in [4.78, 5) is 11.2. The zero-order valence-electron chi connectivity index (χ0n) is 16.5. The maximum absolute atomic E-state index is 6.32. The third kappa shape index (κ3) is 6.60. The highest BCUT2D eigenvalue weighted by atomic mass is 127. The zero-order valence-corrected chi connectivity index (χ0v) is 20.3.